The fourth-order valence-corrected chi connectivity index (χ4v) is 5.16. The summed E-state index contributed by atoms with van der Waals surface area (Å²) in [6, 6.07) is 12.3. The molecule has 0 aromatic heterocycles. The molecular formula is C27H33ClN2O4. The molecule has 2 amide bonds. The third-order valence-corrected chi connectivity index (χ3v) is 7.00. The van der Waals surface area contributed by atoms with Gasteiger partial charge < -0.3 is 19.3 Å². The number of ether oxygens (including phenoxy) is 2. The van der Waals surface area contributed by atoms with Crippen molar-refractivity contribution in [1.82, 2.24) is 9.80 Å². The van der Waals surface area contributed by atoms with E-state index >= 15 is 0 Å². The largest absolute Gasteiger partial charge is 0.493 e. The number of carbonyl (C=O) groups excluding carboxylic acids is 2. The number of benzene rings is 2. The predicted octanol–water partition coefficient (Wildman–Crippen LogP) is 5.38. The third kappa shape index (κ3) is 5.17. The molecule has 0 radical (unpaired) electrons. The molecule has 1 saturated heterocycles. The fraction of sp³-hybridized carbons (Fsp3) is 0.481. The summed E-state index contributed by atoms with van der Waals surface area (Å²) in [6.45, 7) is 4.27. The van der Waals surface area contributed by atoms with E-state index < -0.39 is 6.04 Å². The summed E-state index contributed by atoms with van der Waals surface area (Å²) < 4.78 is 11.4. The molecule has 182 valence electrons. The second kappa shape index (κ2) is 10.7. The van der Waals surface area contributed by atoms with Crippen molar-refractivity contribution in [2.45, 2.75) is 70.7 Å². The Morgan fingerprint density at radius 2 is 1.76 bits per heavy atom. The van der Waals surface area contributed by atoms with Crippen molar-refractivity contribution in [3.05, 3.63) is 58.6 Å². The van der Waals surface area contributed by atoms with Gasteiger partial charge in [-0.2, -0.15) is 0 Å². The number of halogens is 1. The standard InChI is InChI=1S/C27H33ClN2O4/c1-18(2)34-23-14-13-19(15-24(23)33-3)26-27(32)29(21-10-5-4-6-11-21)17-25(31)30(26)16-20-9-7-8-12-22(20)28/h7-9,12-15,18,21,26H,4-6,10-11,16-17H2,1-3H3/t26-/m1/s1. The number of amides is 2. The van der Waals surface area contributed by atoms with E-state index in [4.69, 9.17) is 21.1 Å². The zero-order chi connectivity index (χ0) is 24.2. The minimum Gasteiger partial charge on any atom is -0.493 e. The molecule has 2 fully saturated rings. The molecule has 2 aromatic rings. The Bertz CT molecular complexity index is 1040. The number of methoxy groups -OCH3 is 1. The second-order valence-electron chi connectivity index (χ2n) is 9.35. The first-order valence-electron chi connectivity index (χ1n) is 12.1. The van der Waals surface area contributed by atoms with E-state index in [2.05, 4.69) is 0 Å². The van der Waals surface area contributed by atoms with Gasteiger partial charge in [0.1, 0.15) is 12.6 Å². The van der Waals surface area contributed by atoms with Crippen LogP contribution in [0.3, 0.4) is 0 Å². The Kier molecular flexibility index (Phi) is 7.67. The molecule has 1 aliphatic carbocycles. The molecule has 1 saturated carbocycles. The summed E-state index contributed by atoms with van der Waals surface area (Å²) in [6.07, 6.45) is 5.23. The molecule has 7 heteroatoms. The average molecular weight is 485 g/mol. The first-order valence-corrected chi connectivity index (χ1v) is 12.4. The normalized spacial score (nSPS) is 19.6. The minimum absolute atomic E-state index is 0.0174. The van der Waals surface area contributed by atoms with Gasteiger partial charge in [0.2, 0.25) is 5.91 Å². The number of nitrogens with zero attached hydrogens (tertiary/aromatic N) is 2. The lowest BCUT2D eigenvalue weighted by atomic mass is 9.91. The van der Waals surface area contributed by atoms with Crippen molar-refractivity contribution in [1.29, 1.82) is 0 Å². The first-order chi connectivity index (χ1) is 16.4. The molecule has 2 aliphatic rings. The molecular weight excluding hydrogens is 452 g/mol. The van der Waals surface area contributed by atoms with Crippen LogP contribution in [0.4, 0.5) is 0 Å². The summed E-state index contributed by atoms with van der Waals surface area (Å²) in [7, 11) is 1.58. The molecule has 1 heterocycles. The van der Waals surface area contributed by atoms with E-state index in [1.807, 2.05) is 50.2 Å². The molecule has 0 N–H and O–H groups in total. The Balaban J connectivity index is 1.73. The van der Waals surface area contributed by atoms with Crippen LogP contribution in [0.2, 0.25) is 5.02 Å². The molecule has 34 heavy (non-hydrogen) atoms. The summed E-state index contributed by atoms with van der Waals surface area (Å²) in [5, 5.41) is 0.578. The van der Waals surface area contributed by atoms with Gasteiger partial charge >= 0.3 is 0 Å². The Hall–Kier alpha value is -2.73. The van der Waals surface area contributed by atoms with Crippen LogP contribution in [0.5, 0.6) is 11.5 Å². The Labute approximate surface area is 206 Å². The van der Waals surface area contributed by atoms with Gasteiger partial charge in [0.05, 0.1) is 13.2 Å². The maximum Gasteiger partial charge on any atom is 0.250 e. The van der Waals surface area contributed by atoms with E-state index in [9.17, 15) is 9.59 Å². The summed E-state index contributed by atoms with van der Waals surface area (Å²) in [4.78, 5) is 30.9. The van der Waals surface area contributed by atoms with Gasteiger partial charge in [-0.3, -0.25) is 9.59 Å². The topological polar surface area (TPSA) is 59.1 Å². The van der Waals surface area contributed by atoms with E-state index in [0.717, 1.165) is 31.2 Å². The molecule has 1 atom stereocenters. The van der Waals surface area contributed by atoms with E-state index in [1.54, 1.807) is 23.0 Å². The molecule has 1 aliphatic heterocycles. The van der Waals surface area contributed by atoms with E-state index in [1.165, 1.54) is 6.42 Å². The van der Waals surface area contributed by atoms with Crippen molar-refractivity contribution >= 4 is 23.4 Å². The smallest absolute Gasteiger partial charge is 0.250 e. The number of rotatable bonds is 7. The highest BCUT2D eigenvalue weighted by atomic mass is 35.5. The zero-order valence-electron chi connectivity index (χ0n) is 20.1. The Morgan fingerprint density at radius 3 is 2.44 bits per heavy atom. The lowest BCUT2D eigenvalue weighted by Gasteiger charge is -2.44. The van der Waals surface area contributed by atoms with Gasteiger partial charge in [0, 0.05) is 17.6 Å². The quantitative estimate of drug-likeness (QED) is 0.529. The van der Waals surface area contributed by atoms with Gasteiger partial charge in [-0.25, -0.2) is 0 Å². The number of carbonyl (C=O) groups is 2. The lowest BCUT2D eigenvalue weighted by Crippen LogP contribution is -2.58. The molecule has 0 bridgehead atoms. The SMILES string of the molecule is COc1cc([C@@H]2C(=O)N(C3CCCCC3)CC(=O)N2Cc2ccccc2Cl)ccc1OC(C)C. The van der Waals surface area contributed by atoms with Gasteiger partial charge in [-0.05, 0) is 56.0 Å². The lowest BCUT2D eigenvalue weighted by molar-refractivity contribution is -0.160. The number of piperazine rings is 1. The summed E-state index contributed by atoms with van der Waals surface area (Å²) >= 11 is 6.42. The fourth-order valence-electron chi connectivity index (χ4n) is 4.97. The van der Waals surface area contributed by atoms with Gasteiger partial charge in [-0.15, -0.1) is 0 Å². The van der Waals surface area contributed by atoms with Gasteiger partial charge in [0.15, 0.2) is 11.5 Å². The van der Waals surface area contributed by atoms with Crippen LogP contribution in [0.1, 0.15) is 63.1 Å². The molecule has 4 rings (SSSR count). The Morgan fingerprint density at radius 1 is 1.03 bits per heavy atom. The molecule has 2 aromatic carbocycles. The number of hydrogen-bond acceptors (Lipinski definition) is 4. The maximum absolute atomic E-state index is 13.9. The van der Waals surface area contributed by atoms with Crippen LogP contribution in [-0.2, 0) is 16.1 Å². The van der Waals surface area contributed by atoms with Crippen LogP contribution in [0.15, 0.2) is 42.5 Å². The molecule has 0 spiro atoms. The summed E-state index contributed by atoms with van der Waals surface area (Å²) in [5.74, 6) is 1.03. The predicted molar refractivity (Wildman–Crippen MR) is 132 cm³/mol. The third-order valence-electron chi connectivity index (χ3n) is 6.63. The van der Waals surface area contributed by atoms with Gasteiger partial charge in [0.25, 0.3) is 5.91 Å². The average Bonchev–Trinajstić information content (AvgIpc) is 2.83. The number of hydrogen-bond donors (Lipinski definition) is 0. The monoisotopic (exact) mass is 484 g/mol. The van der Waals surface area contributed by atoms with Gasteiger partial charge in [-0.1, -0.05) is 55.1 Å². The highest BCUT2D eigenvalue weighted by Gasteiger charge is 2.43. The van der Waals surface area contributed by atoms with Crippen LogP contribution in [0, 0.1) is 0 Å². The van der Waals surface area contributed by atoms with Crippen LogP contribution in [-0.4, -0.2) is 47.4 Å². The van der Waals surface area contributed by atoms with Crippen molar-refractivity contribution in [2.75, 3.05) is 13.7 Å². The highest BCUT2D eigenvalue weighted by molar-refractivity contribution is 6.31. The van der Waals surface area contributed by atoms with Crippen LogP contribution >= 0.6 is 11.6 Å². The van der Waals surface area contributed by atoms with Crippen LogP contribution in [0.25, 0.3) is 0 Å². The van der Waals surface area contributed by atoms with Crippen molar-refractivity contribution < 1.29 is 19.1 Å². The van der Waals surface area contributed by atoms with Crippen molar-refractivity contribution in [3.8, 4) is 11.5 Å². The zero-order valence-corrected chi connectivity index (χ0v) is 20.9. The van der Waals surface area contributed by atoms with Crippen molar-refractivity contribution in [2.24, 2.45) is 0 Å². The molecule has 0 unspecified atom stereocenters. The van der Waals surface area contributed by atoms with E-state index in [-0.39, 0.29) is 37.0 Å². The van der Waals surface area contributed by atoms with E-state index in [0.29, 0.717) is 22.1 Å². The summed E-state index contributed by atoms with van der Waals surface area (Å²) in [5.41, 5.74) is 1.52. The molecule has 6 nitrogen and oxygen atoms in total. The van der Waals surface area contributed by atoms with Crippen molar-refractivity contribution in [3.63, 3.8) is 0 Å². The maximum atomic E-state index is 13.9. The highest BCUT2D eigenvalue weighted by Crippen LogP contribution is 2.38. The first kappa shape index (κ1) is 24.4. The second-order valence-corrected chi connectivity index (χ2v) is 9.76. The van der Waals surface area contributed by atoms with Crippen LogP contribution < -0.4 is 9.47 Å². The minimum atomic E-state index is -0.749.